The van der Waals surface area contributed by atoms with Gasteiger partial charge in [0, 0.05) is 29.4 Å². The predicted octanol–water partition coefficient (Wildman–Crippen LogP) is 13.3. The van der Waals surface area contributed by atoms with E-state index in [-0.39, 0.29) is 40.2 Å². The minimum Gasteiger partial charge on any atom is -0.202 e. The van der Waals surface area contributed by atoms with E-state index in [2.05, 4.69) is 0 Å². The summed E-state index contributed by atoms with van der Waals surface area (Å²) in [4.78, 5) is 0.414. The summed E-state index contributed by atoms with van der Waals surface area (Å²) in [6, 6.07) is 42.8. The van der Waals surface area contributed by atoms with E-state index in [0.717, 1.165) is 11.1 Å². The molecule has 6 rings (SSSR count). The van der Waals surface area contributed by atoms with Crippen LogP contribution in [0.15, 0.2) is 199 Å². The summed E-state index contributed by atoms with van der Waals surface area (Å²) in [7, 11) is -21.5. The van der Waals surface area contributed by atoms with Crippen molar-refractivity contribution in [3.8, 4) is 0 Å². The molecule has 0 saturated heterocycles. The Morgan fingerprint density at radius 2 is 0.533 bits per heavy atom. The number of hydrogen-bond donors (Lipinski definition) is 0. The Morgan fingerprint density at radius 3 is 0.733 bits per heavy atom. The maximum Gasteiger partial charge on any atom is 0.450 e. The van der Waals surface area contributed by atoms with Gasteiger partial charge in [-0.2, -0.15) is 34.4 Å². The van der Waals surface area contributed by atoms with Gasteiger partial charge in [-0.25, -0.2) is 7.26 Å². The first-order valence-electron chi connectivity index (χ1n) is 18.8. The van der Waals surface area contributed by atoms with Crippen LogP contribution in [0.2, 0.25) is 0 Å². The topological polar surface area (TPSA) is 86.7 Å². The van der Waals surface area contributed by atoms with Crippen molar-refractivity contribution in [2.45, 2.75) is 92.3 Å². The summed E-state index contributed by atoms with van der Waals surface area (Å²) in [5.74, 6) is 0. The molecule has 60 heavy (non-hydrogen) atoms. The lowest BCUT2D eigenvalue weighted by Crippen LogP contribution is -2.53. The predicted molar refractivity (Wildman–Crippen MR) is 231 cm³/mol. The quantitative estimate of drug-likeness (QED) is 0.107. The summed E-state index contributed by atoms with van der Waals surface area (Å²) in [6.07, 6.45) is 0. The molecule has 0 aromatic heterocycles. The average Bonchev–Trinajstić information content (AvgIpc) is 3.22. The second-order valence-electron chi connectivity index (χ2n) is 16.0. The smallest absolute Gasteiger partial charge is 0.202 e. The van der Waals surface area contributed by atoms with Crippen LogP contribution in [0.4, 0.5) is 17.6 Å². The average molecular weight is 899 g/mol. The van der Waals surface area contributed by atoms with E-state index in [9.17, 15) is 16.8 Å². The lowest BCUT2D eigenvalue weighted by atomic mass is 9.87. The molecule has 6 aromatic carbocycles. The van der Waals surface area contributed by atoms with Crippen LogP contribution in [-0.4, -0.2) is 27.3 Å². The zero-order valence-electron chi connectivity index (χ0n) is 33.8. The molecular weight excluding hydrogens is 853 g/mol. The van der Waals surface area contributed by atoms with Gasteiger partial charge in [0.25, 0.3) is 0 Å². The van der Waals surface area contributed by atoms with Crippen LogP contribution in [0.3, 0.4) is 0 Å². The van der Waals surface area contributed by atoms with Crippen LogP contribution in [0.1, 0.15) is 52.7 Å². The van der Waals surface area contributed by atoms with Gasteiger partial charge < -0.3 is 0 Å². The number of alkyl halides is 4. The van der Waals surface area contributed by atoms with Crippen LogP contribution in [0.25, 0.3) is 0 Å². The minimum atomic E-state index is -6.91. The van der Waals surface area contributed by atoms with E-state index in [4.69, 9.17) is 7.26 Å². The molecule has 0 fully saturated rings. The van der Waals surface area contributed by atoms with Crippen molar-refractivity contribution in [3.63, 3.8) is 0 Å². The van der Waals surface area contributed by atoms with Crippen LogP contribution < -0.4 is 0 Å². The second kappa shape index (κ2) is 16.4. The third kappa shape index (κ3) is 8.17. The largest absolute Gasteiger partial charge is 0.450 e. The maximum absolute atomic E-state index is 16.8. The van der Waals surface area contributed by atoms with E-state index < -0.39 is 51.4 Å². The molecule has 0 N–H and O–H groups in total. The number of halogens is 4. The summed E-state index contributed by atoms with van der Waals surface area (Å²) >= 11 is 0. The molecule has 0 saturated carbocycles. The fourth-order valence-electron chi connectivity index (χ4n) is 6.44. The first kappa shape index (κ1) is 45.1. The molecule has 0 amide bonds. The lowest BCUT2D eigenvalue weighted by Gasteiger charge is -2.42. The highest BCUT2D eigenvalue weighted by molar-refractivity contribution is 8.34. The van der Waals surface area contributed by atoms with Crippen molar-refractivity contribution in [2.75, 3.05) is 0 Å². The summed E-state index contributed by atoms with van der Waals surface area (Å²) in [5.41, 5.74) is 0.856. The van der Waals surface area contributed by atoms with Gasteiger partial charge in [0.1, 0.15) is 0 Å². The third-order valence-electron chi connectivity index (χ3n) is 9.76. The van der Waals surface area contributed by atoms with Crippen molar-refractivity contribution in [1.82, 2.24) is 0 Å². The highest BCUT2D eigenvalue weighted by atomic mass is 32.3. The molecule has 0 spiro atoms. The van der Waals surface area contributed by atoms with Crippen molar-refractivity contribution >= 4 is 40.9 Å². The Kier molecular flexibility index (Phi) is 12.4. The Morgan fingerprint density at radius 1 is 0.333 bits per heavy atom. The number of rotatable bonds is 13. The molecule has 0 aliphatic heterocycles. The SMILES string of the molecule is CC(C)(C)c1ccc(S(OS(=O)(=O)C(F)(F)C(F)(F)S(=O)(=O)OS(c2ccccc2)(c2ccccc2)c2ccc(C(C)(C)C)cc2)(c2ccccc2)c2ccccc2)cc1. The molecule has 318 valence electrons. The summed E-state index contributed by atoms with van der Waals surface area (Å²) < 4.78 is 136. The standard InChI is InChI=1S/C46H46F4O6S4/c1-43(2,3)35-27-31-41(32-28-35)57(37-19-11-7-12-20-37,38-21-13-8-14-22-38)55-59(51,52)45(47,48)46(49,50)60(53,54)56-58(39-23-15-9-16-24-39,40-25-17-10-18-26-40)42-33-29-36(30-34-42)44(4,5)6/h7-34H,1-6H3. The van der Waals surface area contributed by atoms with Crippen molar-refractivity contribution < 1.29 is 41.7 Å². The van der Waals surface area contributed by atoms with Gasteiger partial charge in [0.15, 0.2) is 0 Å². The lowest BCUT2D eigenvalue weighted by molar-refractivity contribution is -0.104. The van der Waals surface area contributed by atoms with Gasteiger partial charge in [-0.3, -0.25) is 0 Å². The van der Waals surface area contributed by atoms with Gasteiger partial charge in [-0.15, -0.1) is 0 Å². The van der Waals surface area contributed by atoms with Gasteiger partial charge in [-0.1, -0.05) is 139 Å². The first-order valence-corrected chi connectivity index (χ1v) is 24.7. The molecule has 0 aliphatic rings. The van der Waals surface area contributed by atoms with Crippen molar-refractivity contribution in [2.24, 2.45) is 0 Å². The third-order valence-corrected chi connectivity index (χ3v) is 20.3. The second-order valence-corrected chi connectivity index (χ2v) is 25.0. The number of hydrogen-bond acceptors (Lipinski definition) is 6. The number of benzene rings is 6. The van der Waals surface area contributed by atoms with E-state index in [1.165, 1.54) is 121 Å². The Balaban J connectivity index is 1.54. The molecule has 14 heteroatoms. The molecule has 6 aromatic rings. The highest BCUT2D eigenvalue weighted by Gasteiger charge is 2.76. The zero-order chi connectivity index (χ0) is 43.8. The van der Waals surface area contributed by atoms with Crippen molar-refractivity contribution in [3.05, 3.63) is 181 Å². The van der Waals surface area contributed by atoms with Gasteiger partial charge in [0.05, 0.1) is 0 Å². The van der Waals surface area contributed by atoms with Gasteiger partial charge >= 0.3 is 30.7 Å². The first-order chi connectivity index (χ1) is 28.0. The van der Waals surface area contributed by atoms with Crippen molar-refractivity contribution in [1.29, 1.82) is 0 Å². The van der Waals surface area contributed by atoms with E-state index in [0.29, 0.717) is 0 Å². The zero-order valence-corrected chi connectivity index (χ0v) is 37.0. The highest BCUT2D eigenvalue weighted by Crippen LogP contribution is 2.73. The molecule has 0 aliphatic carbocycles. The maximum atomic E-state index is 16.8. The fourth-order valence-corrected chi connectivity index (χ4v) is 17.2. The molecule has 0 unspecified atom stereocenters. The van der Waals surface area contributed by atoms with Gasteiger partial charge in [0.2, 0.25) is 0 Å². The Bertz CT molecular complexity index is 2350. The fraction of sp³-hybridized carbons (Fsp3) is 0.217. The monoisotopic (exact) mass is 898 g/mol. The summed E-state index contributed by atoms with van der Waals surface area (Å²) in [5, 5.41) is -12.8. The van der Waals surface area contributed by atoms with Crippen LogP contribution in [0, 0.1) is 0 Å². The molecule has 0 heterocycles. The minimum absolute atomic E-state index is 0.0665. The molecule has 0 bridgehead atoms. The van der Waals surface area contributed by atoms with E-state index in [1.807, 2.05) is 41.5 Å². The van der Waals surface area contributed by atoms with Crippen LogP contribution >= 0.6 is 20.6 Å². The van der Waals surface area contributed by atoms with Gasteiger partial charge in [-0.05, 0) is 115 Å². The normalized spacial score (nSPS) is 14.1. The van der Waals surface area contributed by atoms with Crippen LogP contribution in [-0.2, 0) is 38.3 Å². The molecular formula is C46H46F4O6S4. The molecule has 0 radical (unpaired) electrons. The molecule has 6 nitrogen and oxygen atoms in total. The summed E-state index contributed by atoms with van der Waals surface area (Å²) in [6.45, 7) is 11.6. The van der Waals surface area contributed by atoms with E-state index in [1.54, 1.807) is 48.5 Å². The van der Waals surface area contributed by atoms with E-state index >= 15 is 17.6 Å². The van der Waals surface area contributed by atoms with Crippen LogP contribution in [0.5, 0.6) is 0 Å². The Hall–Kier alpha value is -4.44. The Labute approximate surface area is 353 Å². The molecule has 0 atom stereocenters.